The van der Waals surface area contributed by atoms with Gasteiger partial charge in [0.1, 0.15) is 0 Å². The molecule has 0 spiro atoms. The summed E-state index contributed by atoms with van der Waals surface area (Å²) in [6.07, 6.45) is 4.92. The second-order valence-corrected chi connectivity index (χ2v) is 5.75. The Morgan fingerprint density at radius 2 is 2.14 bits per heavy atom. The fourth-order valence-electron chi connectivity index (χ4n) is 2.66. The molecule has 1 unspecified atom stereocenters. The molecule has 6 heteroatoms. The first-order valence-electron chi connectivity index (χ1n) is 7.15. The van der Waals surface area contributed by atoms with Crippen LogP contribution < -0.4 is 0 Å². The van der Waals surface area contributed by atoms with Crippen LogP contribution in [0.25, 0.3) is 5.69 Å². The predicted octanol–water partition coefficient (Wildman–Crippen LogP) is 2.94. The van der Waals surface area contributed by atoms with Gasteiger partial charge in [0, 0.05) is 12.6 Å². The van der Waals surface area contributed by atoms with Crippen molar-refractivity contribution in [1.29, 1.82) is 0 Å². The minimum atomic E-state index is -0.0551. The summed E-state index contributed by atoms with van der Waals surface area (Å²) in [6, 6.07) is 7.61. The highest BCUT2D eigenvalue weighted by atomic mass is 35.5. The number of hydrogen-bond donors (Lipinski definition) is 0. The van der Waals surface area contributed by atoms with Crippen LogP contribution in [0.1, 0.15) is 36.7 Å². The molecule has 21 heavy (non-hydrogen) atoms. The molecule has 1 aromatic carbocycles. The van der Waals surface area contributed by atoms with Crippen LogP contribution in [0.2, 0.25) is 5.02 Å². The minimum Gasteiger partial charge on any atom is -0.334 e. The maximum Gasteiger partial charge on any atom is 0.276 e. The molecule has 1 aliphatic heterocycles. The second-order valence-electron chi connectivity index (χ2n) is 5.34. The topological polar surface area (TPSA) is 51.0 Å². The number of rotatable bonds is 2. The van der Waals surface area contributed by atoms with Gasteiger partial charge >= 0.3 is 0 Å². The van der Waals surface area contributed by atoms with Crippen molar-refractivity contribution in [2.24, 2.45) is 0 Å². The molecule has 0 radical (unpaired) electrons. The lowest BCUT2D eigenvalue weighted by Gasteiger charge is -2.32. The molecular weight excluding hydrogens is 288 g/mol. The lowest BCUT2D eigenvalue weighted by Crippen LogP contribution is -2.42. The van der Waals surface area contributed by atoms with Crippen molar-refractivity contribution in [3.8, 4) is 5.69 Å². The second kappa shape index (κ2) is 5.85. The third-order valence-electron chi connectivity index (χ3n) is 3.88. The van der Waals surface area contributed by atoms with Crippen LogP contribution in [0.15, 0.2) is 30.5 Å². The van der Waals surface area contributed by atoms with Crippen molar-refractivity contribution < 1.29 is 4.79 Å². The molecule has 5 nitrogen and oxygen atoms in total. The van der Waals surface area contributed by atoms with Crippen molar-refractivity contribution in [2.75, 3.05) is 6.54 Å². The molecule has 0 aliphatic carbocycles. The Morgan fingerprint density at radius 1 is 1.33 bits per heavy atom. The highest BCUT2D eigenvalue weighted by Crippen LogP contribution is 2.21. The van der Waals surface area contributed by atoms with E-state index in [9.17, 15) is 4.79 Å². The standard InChI is InChI=1S/C15H17ClN4O/c1-11-6-4-5-9-19(11)15(21)13-10-20(18-17-13)14-8-3-2-7-12(14)16/h2-3,7-8,10-11H,4-6,9H2,1H3. The third kappa shape index (κ3) is 2.78. The number of carbonyl (C=O) groups is 1. The molecular formula is C15H17ClN4O. The lowest BCUT2D eigenvalue weighted by molar-refractivity contribution is 0.0629. The average molecular weight is 305 g/mol. The molecule has 3 rings (SSSR count). The highest BCUT2D eigenvalue weighted by Gasteiger charge is 2.26. The van der Waals surface area contributed by atoms with E-state index in [-0.39, 0.29) is 11.9 Å². The Labute approximate surface area is 128 Å². The minimum absolute atomic E-state index is 0.0551. The summed E-state index contributed by atoms with van der Waals surface area (Å²) in [7, 11) is 0. The van der Waals surface area contributed by atoms with Gasteiger partial charge in [-0.05, 0) is 38.3 Å². The van der Waals surface area contributed by atoms with Crippen LogP contribution in [0.4, 0.5) is 0 Å². The van der Waals surface area contributed by atoms with Gasteiger partial charge in [-0.1, -0.05) is 28.9 Å². The zero-order chi connectivity index (χ0) is 14.8. The van der Waals surface area contributed by atoms with Crippen molar-refractivity contribution in [3.63, 3.8) is 0 Å². The van der Waals surface area contributed by atoms with Gasteiger partial charge in [0.25, 0.3) is 5.91 Å². The summed E-state index contributed by atoms with van der Waals surface area (Å²) in [5.74, 6) is -0.0551. The number of para-hydroxylation sites is 1. The van der Waals surface area contributed by atoms with E-state index in [0.29, 0.717) is 10.7 Å². The first-order chi connectivity index (χ1) is 10.2. The Morgan fingerprint density at radius 3 is 2.90 bits per heavy atom. The Hall–Kier alpha value is -1.88. The molecule has 1 aromatic heterocycles. The molecule has 1 saturated heterocycles. The van der Waals surface area contributed by atoms with Gasteiger partial charge in [-0.3, -0.25) is 4.79 Å². The number of hydrogen-bond acceptors (Lipinski definition) is 3. The Bertz CT molecular complexity index is 655. The van der Waals surface area contributed by atoms with Gasteiger partial charge in [-0.15, -0.1) is 5.10 Å². The van der Waals surface area contributed by atoms with Crippen LogP contribution in [-0.2, 0) is 0 Å². The maximum absolute atomic E-state index is 12.5. The van der Waals surface area contributed by atoms with E-state index in [0.717, 1.165) is 25.1 Å². The largest absolute Gasteiger partial charge is 0.334 e. The van der Waals surface area contributed by atoms with Gasteiger partial charge in [0.15, 0.2) is 5.69 Å². The number of likely N-dealkylation sites (tertiary alicyclic amines) is 1. The molecule has 0 saturated carbocycles. The SMILES string of the molecule is CC1CCCCN1C(=O)c1cn(-c2ccccc2Cl)nn1. The quantitative estimate of drug-likeness (QED) is 0.857. The van der Waals surface area contributed by atoms with E-state index in [4.69, 9.17) is 11.6 Å². The average Bonchev–Trinajstić information content (AvgIpc) is 2.97. The van der Waals surface area contributed by atoms with Gasteiger partial charge in [0.2, 0.25) is 0 Å². The zero-order valence-corrected chi connectivity index (χ0v) is 12.6. The number of halogens is 1. The fourth-order valence-corrected chi connectivity index (χ4v) is 2.89. The summed E-state index contributed by atoms with van der Waals surface area (Å²) in [4.78, 5) is 14.4. The summed E-state index contributed by atoms with van der Waals surface area (Å²) in [5, 5.41) is 8.61. The molecule has 1 fully saturated rings. The fraction of sp³-hybridized carbons (Fsp3) is 0.400. The number of amides is 1. The Balaban J connectivity index is 1.85. The molecule has 1 aliphatic rings. The summed E-state index contributed by atoms with van der Waals surface area (Å²) >= 11 is 6.14. The molecule has 0 bridgehead atoms. The first-order valence-corrected chi connectivity index (χ1v) is 7.53. The van der Waals surface area contributed by atoms with Gasteiger partial charge < -0.3 is 4.90 Å². The first kappa shape index (κ1) is 14.1. The normalized spacial score (nSPS) is 18.8. The van der Waals surface area contributed by atoms with E-state index >= 15 is 0 Å². The number of nitrogens with zero attached hydrogens (tertiary/aromatic N) is 4. The van der Waals surface area contributed by atoms with Crippen LogP contribution in [0, 0.1) is 0 Å². The molecule has 0 N–H and O–H groups in total. The van der Waals surface area contributed by atoms with Crippen LogP contribution in [0.5, 0.6) is 0 Å². The van der Waals surface area contributed by atoms with Crippen molar-refractivity contribution in [3.05, 3.63) is 41.2 Å². The van der Waals surface area contributed by atoms with E-state index in [1.165, 1.54) is 6.42 Å². The van der Waals surface area contributed by atoms with Gasteiger partial charge in [-0.2, -0.15) is 0 Å². The van der Waals surface area contributed by atoms with Crippen molar-refractivity contribution in [2.45, 2.75) is 32.2 Å². The smallest absolute Gasteiger partial charge is 0.276 e. The van der Waals surface area contributed by atoms with Crippen LogP contribution in [-0.4, -0.2) is 38.4 Å². The highest BCUT2D eigenvalue weighted by molar-refractivity contribution is 6.32. The van der Waals surface area contributed by atoms with E-state index in [2.05, 4.69) is 17.2 Å². The van der Waals surface area contributed by atoms with Gasteiger partial charge in [0.05, 0.1) is 16.9 Å². The zero-order valence-electron chi connectivity index (χ0n) is 11.9. The molecule has 1 atom stereocenters. The number of piperidine rings is 1. The van der Waals surface area contributed by atoms with Crippen LogP contribution >= 0.6 is 11.6 Å². The monoisotopic (exact) mass is 304 g/mol. The molecule has 110 valence electrons. The van der Waals surface area contributed by atoms with E-state index < -0.39 is 0 Å². The summed E-state index contributed by atoms with van der Waals surface area (Å²) in [6.45, 7) is 2.87. The maximum atomic E-state index is 12.5. The van der Waals surface area contributed by atoms with E-state index in [1.54, 1.807) is 16.9 Å². The van der Waals surface area contributed by atoms with E-state index in [1.807, 2.05) is 23.1 Å². The van der Waals surface area contributed by atoms with Crippen molar-refractivity contribution in [1.82, 2.24) is 19.9 Å². The number of carbonyl (C=O) groups excluding carboxylic acids is 1. The molecule has 2 heterocycles. The molecule has 1 amide bonds. The predicted molar refractivity (Wildman–Crippen MR) is 80.7 cm³/mol. The summed E-state index contributed by atoms with van der Waals surface area (Å²) < 4.78 is 1.55. The van der Waals surface area contributed by atoms with Crippen LogP contribution in [0.3, 0.4) is 0 Å². The number of benzene rings is 1. The number of aromatic nitrogens is 3. The molecule has 2 aromatic rings. The Kier molecular flexibility index (Phi) is 3.92. The summed E-state index contributed by atoms with van der Waals surface area (Å²) in [5.41, 5.74) is 1.08. The van der Waals surface area contributed by atoms with Crippen molar-refractivity contribution >= 4 is 17.5 Å². The van der Waals surface area contributed by atoms with Gasteiger partial charge in [-0.25, -0.2) is 4.68 Å². The lowest BCUT2D eigenvalue weighted by atomic mass is 10.0. The third-order valence-corrected chi connectivity index (χ3v) is 4.20.